The molecule has 1 aliphatic heterocycles. The standard InChI is InChI=1S/C22H26FN3O3/c1-26(14-15-6-3-2-4-7-15)22(29)20(11-16-8-5-9-17(23)10-16)25-21(28)19-12-18(27)13-24-19/h2-10,18-20,24,27H,11-14H2,1H3,(H,25,28)/t18-,19+,20+/m1/s1. The number of β-amino-alcohol motifs (C(OH)–C–C–N with tert-alkyl or cyclic N) is 1. The van der Waals surface area contributed by atoms with Gasteiger partial charge >= 0.3 is 0 Å². The molecule has 3 rings (SSSR count). The second-order valence-corrected chi connectivity index (χ2v) is 7.43. The summed E-state index contributed by atoms with van der Waals surface area (Å²) in [6.07, 6.45) is -0.104. The summed E-state index contributed by atoms with van der Waals surface area (Å²) in [6.45, 7) is 0.740. The highest BCUT2D eigenvalue weighted by molar-refractivity contribution is 5.90. The lowest BCUT2D eigenvalue weighted by Gasteiger charge is -2.26. The number of nitrogens with one attached hydrogen (secondary N) is 2. The molecule has 29 heavy (non-hydrogen) atoms. The number of carbonyl (C=O) groups is 2. The lowest BCUT2D eigenvalue weighted by Crippen LogP contribution is -2.52. The predicted molar refractivity (Wildman–Crippen MR) is 107 cm³/mol. The summed E-state index contributed by atoms with van der Waals surface area (Å²) in [7, 11) is 1.68. The third kappa shape index (κ3) is 5.85. The molecule has 0 radical (unpaired) electrons. The van der Waals surface area contributed by atoms with E-state index in [0.29, 0.717) is 25.1 Å². The van der Waals surface area contributed by atoms with E-state index in [4.69, 9.17) is 0 Å². The van der Waals surface area contributed by atoms with E-state index < -0.39 is 24.0 Å². The molecule has 2 aromatic rings. The van der Waals surface area contributed by atoms with E-state index in [1.165, 1.54) is 12.1 Å². The van der Waals surface area contributed by atoms with E-state index in [2.05, 4.69) is 10.6 Å². The van der Waals surface area contributed by atoms with Gasteiger partial charge in [0, 0.05) is 26.6 Å². The van der Waals surface area contributed by atoms with Gasteiger partial charge in [-0.3, -0.25) is 9.59 Å². The normalized spacial score (nSPS) is 19.6. The Morgan fingerprint density at radius 2 is 1.93 bits per heavy atom. The van der Waals surface area contributed by atoms with Crippen molar-refractivity contribution < 1.29 is 19.1 Å². The van der Waals surface area contributed by atoms with Crippen LogP contribution >= 0.6 is 0 Å². The van der Waals surface area contributed by atoms with Gasteiger partial charge in [0.2, 0.25) is 11.8 Å². The maximum atomic E-state index is 13.6. The lowest BCUT2D eigenvalue weighted by atomic mass is 10.0. The molecule has 0 unspecified atom stereocenters. The molecule has 0 aromatic heterocycles. The van der Waals surface area contributed by atoms with Gasteiger partial charge in [-0.25, -0.2) is 4.39 Å². The Bertz CT molecular complexity index is 846. The molecule has 7 heteroatoms. The third-order valence-electron chi connectivity index (χ3n) is 5.01. The second kappa shape index (κ2) is 9.62. The summed E-state index contributed by atoms with van der Waals surface area (Å²) in [4.78, 5) is 27.3. The van der Waals surface area contributed by atoms with Crippen LogP contribution in [0.15, 0.2) is 54.6 Å². The van der Waals surface area contributed by atoms with Gasteiger partial charge in [-0.1, -0.05) is 42.5 Å². The fraction of sp³-hybridized carbons (Fsp3) is 0.364. The molecule has 6 nitrogen and oxygen atoms in total. The van der Waals surface area contributed by atoms with E-state index in [-0.39, 0.29) is 18.2 Å². The zero-order valence-corrected chi connectivity index (χ0v) is 16.3. The predicted octanol–water partition coefficient (Wildman–Crippen LogP) is 1.23. The van der Waals surface area contributed by atoms with Crippen molar-refractivity contribution >= 4 is 11.8 Å². The number of hydrogen-bond acceptors (Lipinski definition) is 4. The van der Waals surface area contributed by atoms with Gasteiger partial charge in [-0.15, -0.1) is 0 Å². The quantitative estimate of drug-likeness (QED) is 0.654. The van der Waals surface area contributed by atoms with Crippen molar-refractivity contribution in [1.29, 1.82) is 0 Å². The Morgan fingerprint density at radius 3 is 2.59 bits per heavy atom. The van der Waals surface area contributed by atoms with Gasteiger partial charge in [0.1, 0.15) is 11.9 Å². The molecular weight excluding hydrogens is 373 g/mol. The van der Waals surface area contributed by atoms with Crippen molar-refractivity contribution in [2.75, 3.05) is 13.6 Å². The first-order valence-electron chi connectivity index (χ1n) is 9.67. The van der Waals surface area contributed by atoms with Crippen LogP contribution in [-0.2, 0) is 22.6 Å². The molecule has 1 fully saturated rings. The molecule has 0 saturated carbocycles. The van der Waals surface area contributed by atoms with Crippen LogP contribution in [0.1, 0.15) is 17.5 Å². The fourth-order valence-corrected chi connectivity index (χ4v) is 3.49. The highest BCUT2D eigenvalue weighted by Crippen LogP contribution is 2.12. The van der Waals surface area contributed by atoms with E-state index in [1.807, 2.05) is 30.3 Å². The number of aliphatic hydroxyl groups is 1. The Morgan fingerprint density at radius 1 is 1.21 bits per heavy atom. The first-order chi connectivity index (χ1) is 13.9. The summed E-state index contributed by atoms with van der Waals surface area (Å²) in [5, 5.41) is 15.4. The van der Waals surface area contributed by atoms with Crippen LogP contribution in [0.2, 0.25) is 0 Å². The average Bonchev–Trinajstić information content (AvgIpc) is 3.14. The van der Waals surface area contributed by atoms with E-state index >= 15 is 0 Å². The summed E-state index contributed by atoms with van der Waals surface area (Å²) in [5.41, 5.74) is 1.59. The van der Waals surface area contributed by atoms with Crippen LogP contribution < -0.4 is 10.6 Å². The number of rotatable bonds is 7. The van der Waals surface area contributed by atoms with Crippen LogP contribution in [0.5, 0.6) is 0 Å². The number of halogens is 1. The number of carbonyl (C=O) groups excluding carboxylic acids is 2. The molecule has 3 N–H and O–H groups in total. The molecule has 0 bridgehead atoms. The summed E-state index contributed by atoms with van der Waals surface area (Å²) in [5.74, 6) is -0.993. The van der Waals surface area contributed by atoms with Gasteiger partial charge in [-0.2, -0.15) is 0 Å². The molecule has 1 heterocycles. The van der Waals surface area contributed by atoms with Crippen LogP contribution in [0.25, 0.3) is 0 Å². The zero-order valence-electron chi connectivity index (χ0n) is 16.3. The van der Waals surface area contributed by atoms with Crippen LogP contribution in [0.3, 0.4) is 0 Å². The average molecular weight is 399 g/mol. The van der Waals surface area contributed by atoms with Crippen molar-refractivity contribution in [3.05, 3.63) is 71.5 Å². The minimum atomic E-state index is -0.836. The first kappa shape index (κ1) is 21.0. The molecule has 0 aliphatic carbocycles. The Kier molecular flexibility index (Phi) is 6.95. The minimum Gasteiger partial charge on any atom is -0.392 e. The van der Waals surface area contributed by atoms with Gasteiger partial charge in [0.25, 0.3) is 0 Å². The molecule has 1 saturated heterocycles. The number of nitrogens with zero attached hydrogens (tertiary/aromatic N) is 1. The Hall–Kier alpha value is -2.77. The van der Waals surface area contributed by atoms with Crippen LogP contribution in [-0.4, -0.2) is 53.6 Å². The first-order valence-corrected chi connectivity index (χ1v) is 9.67. The molecule has 0 spiro atoms. The maximum Gasteiger partial charge on any atom is 0.245 e. The monoisotopic (exact) mass is 399 g/mol. The number of benzene rings is 2. The van der Waals surface area contributed by atoms with Crippen LogP contribution in [0.4, 0.5) is 4.39 Å². The Labute approximate surface area is 169 Å². The fourth-order valence-electron chi connectivity index (χ4n) is 3.49. The molecule has 2 aromatic carbocycles. The molecule has 3 atom stereocenters. The molecule has 1 aliphatic rings. The van der Waals surface area contributed by atoms with Crippen LogP contribution in [0, 0.1) is 5.82 Å². The Balaban J connectivity index is 1.73. The largest absolute Gasteiger partial charge is 0.392 e. The number of hydrogen-bond donors (Lipinski definition) is 3. The topological polar surface area (TPSA) is 81.7 Å². The molecular formula is C22H26FN3O3. The summed E-state index contributed by atoms with van der Waals surface area (Å²) in [6, 6.07) is 14.2. The summed E-state index contributed by atoms with van der Waals surface area (Å²) >= 11 is 0. The van der Waals surface area contributed by atoms with Gasteiger partial charge in [0.05, 0.1) is 12.1 Å². The van der Waals surface area contributed by atoms with Crippen molar-refractivity contribution in [2.24, 2.45) is 0 Å². The van der Waals surface area contributed by atoms with Gasteiger partial charge in [0.15, 0.2) is 0 Å². The van der Waals surface area contributed by atoms with E-state index in [1.54, 1.807) is 24.1 Å². The van der Waals surface area contributed by atoms with Crippen molar-refractivity contribution in [1.82, 2.24) is 15.5 Å². The number of aliphatic hydroxyl groups excluding tert-OH is 1. The number of amides is 2. The highest BCUT2D eigenvalue weighted by atomic mass is 19.1. The second-order valence-electron chi connectivity index (χ2n) is 7.43. The smallest absolute Gasteiger partial charge is 0.245 e. The van der Waals surface area contributed by atoms with Crippen molar-refractivity contribution in [2.45, 2.75) is 37.6 Å². The van der Waals surface area contributed by atoms with E-state index in [0.717, 1.165) is 5.56 Å². The molecule has 154 valence electrons. The zero-order chi connectivity index (χ0) is 20.8. The SMILES string of the molecule is CN(Cc1ccccc1)C(=O)[C@H](Cc1cccc(F)c1)NC(=O)[C@@H]1C[C@@H](O)CN1. The maximum absolute atomic E-state index is 13.6. The van der Waals surface area contributed by atoms with Crippen molar-refractivity contribution in [3.63, 3.8) is 0 Å². The third-order valence-corrected chi connectivity index (χ3v) is 5.01. The lowest BCUT2D eigenvalue weighted by molar-refractivity contribution is -0.136. The van der Waals surface area contributed by atoms with Gasteiger partial charge in [-0.05, 0) is 29.7 Å². The van der Waals surface area contributed by atoms with Gasteiger partial charge < -0.3 is 20.6 Å². The van der Waals surface area contributed by atoms with E-state index in [9.17, 15) is 19.1 Å². The highest BCUT2D eigenvalue weighted by Gasteiger charge is 2.32. The summed E-state index contributed by atoms with van der Waals surface area (Å²) < 4.78 is 13.6. The number of likely N-dealkylation sites (N-methyl/N-ethyl adjacent to an activating group) is 1. The van der Waals surface area contributed by atoms with Crippen molar-refractivity contribution in [3.8, 4) is 0 Å². The minimum absolute atomic E-state index is 0.177. The molecule has 2 amide bonds.